The molecule has 4 saturated carbocycles. The van der Waals surface area contributed by atoms with E-state index in [4.69, 9.17) is 21.3 Å². The second-order valence-electron chi connectivity index (χ2n) is 13.3. The molecule has 2 aromatic rings. The van der Waals surface area contributed by atoms with E-state index in [9.17, 15) is 27.2 Å². The molecule has 2 amide bonds. The summed E-state index contributed by atoms with van der Waals surface area (Å²) in [6, 6.07) is 0.620. The number of fused-ring (bicyclic) bond motifs is 2. The first kappa shape index (κ1) is 28.5. The molecule has 8 nitrogen and oxygen atoms in total. The van der Waals surface area contributed by atoms with Crippen LogP contribution in [0.5, 0.6) is 0 Å². The molecule has 2 heterocycles. The summed E-state index contributed by atoms with van der Waals surface area (Å²) in [7, 11) is 0. The number of amides is 2. The fourth-order valence-electron chi connectivity index (χ4n) is 6.60. The minimum Gasteiger partial charge on any atom is -0.444 e. The molecule has 6 rings (SSSR count). The van der Waals surface area contributed by atoms with Gasteiger partial charge in [0.2, 0.25) is 11.8 Å². The van der Waals surface area contributed by atoms with Gasteiger partial charge in [-0.3, -0.25) is 4.79 Å². The largest absolute Gasteiger partial charge is 0.444 e. The highest BCUT2D eigenvalue weighted by atomic mass is 35.5. The van der Waals surface area contributed by atoms with Gasteiger partial charge < -0.3 is 15.4 Å². The van der Waals surface area contributed by atoms with Crippen molar-refractivity contribution in [2.75, 3.05) is 0 Å². The molecule has 0 aliphatic heterocycles. The fourth-order valence-corrected chi connectivity index (χ4v) is 6.85. The minimum absolute atomic E-state index is 0.0278. The summed E-state index contributed by atoms with van der Waals surface area (Å²) in [6.45, 7) is 5.21. The standard InChI is InChI=1S/C28H34ClF4N5O3/c1-26(2,3)41-25(40)36-23(15-7-17-18(8-15)28(17,32)33)19-12-38-20(34-19)9-16(24(29)37-38)22(14-4-5-14)35-21(39)6-13-10-27(30,31)11-13/h9,12-15,17-18,22-23H,4-8,10-11H2,1-3H3,(H,35,39)(H,36,40)/t15?,17-,18+,22-,23?/m1/s1. The van der Waals surface area contributed by atoms with Crippen LogP contribution in [0, 0.1) is 29.6 Å². The lowest BCUT2D eigenvalue weighted by Gasteiger charge is -2.34. The molecule has 4 aliphatic rings. The number of alkyl carbamates (subject to hydrolysis) is 1. The molecule has 4 fully saturated rings. The monoisotopic (exact) mass is 599 g/mol. The van der Waals surface area contributed by atoms with Gasteiger partial charge in [-0.05, 0) is 70.3 Å². The summed E-state index contributed by atoms with van der Waals surface area (Å²) in [5.74, 6) is -7.49. The number of rotatable bonds is 8. The van der Waals surface area contributed by atoms with Crippen molar-refractivity contribution in [3.63, 3.8) is 0 Å². The number of carbonyl (C=O) groups excluding carboxylic acids is 2. The number of alkyl halides is 4. The predicted molar refractivity (Wildman–Crippen MR) is 141 cm³/mol. The molecular weight excluding hydrogens is 566 g/mol. The number of carbonyl (C=O) groups is 2. The van der Waals surface area contributed by atoms with Gasteiger partial charge in [-0.25, -0.2) is 31.9 Å². The van der Waals surface area contributed by atoms with Crippen molar-refractivity contribution in [1.82, 2.24) is 25.2 Å². The van der Waals surface area contributed by atoms with Gasteiger partial charge in [0, 0.05) is 36.7 Å². The average Bonchev–Trinajstić information content (AvgIpc) is 3.60. The van der Waals surface area contributed by atoms with Crippen LogP contribution in [0.3, 0.4) is 0 Å². The molecule has 0 saturated heterocycles. The van der Waals surface area contributed by atoms with Gasteiger partial charge in [-0.1, -0.05) is 11.6 Å². The molecular formula is C28H34ClF4N5O3. The SMILES string of the molecule is CC(C)(C)OC(=O)NC(c1cn2nc(Cl)c([C@H](NC(=O)CC3CC(F)(F)C3)C3CC3)cc2n1)C1C[C@@H]2[C@H](C1)C2(F)F. The lowest BCUT2D eigenvalue weighted by atomic mass is 9.79. The van der Waals surface area contributed by atoms with Crippen LogP contribution in [-0.4, -0.2) is 44.0 Å². The number of aromatic nitrogens is 3. The van der Waals surface area contributed by atoms with Gasteiger partial charge in [-0.2, -0.15) is 5.10 Å². The van der Waals surface area contributed by atoms with Crippen LogP contribution in [0.1, 0.15) is 89.1 Å². The maximum absolute atomic E-state index is 14.0. The smallest absolute Gasteiger partial charge is 0.408 e. The molecule has 41 heavy (non-hydrogen) atoms. The van der Waals surface area contributed by atoms with Crippen LogP contribution in [0.15, 0.2) is 12.3 Å². The summed E-state index contributed by atoms with van der Waals surface area (Å²) in [4.78, 5) is 30.1. The first-order valence-corrected chi connectivity index (χ1v) is 14.6. The Morgan fingerprint density at radius 2 is 1.76 bits per heavy atom. The average molecular weight is 600 g/mol. The fraction of sp³-hybridized carbons (Fsp3) is 0.714. The van der Waals surface area contributed by atoms with Crippen molar-refractivity contribution in [3.8, 4) is 0 Å². The van der Waals surface area contributed by atoms with Crippen molar-refractivity contribution < 1.29 is 31.9 Å². The minimum atomic E-state index is -2.69. The zero-order valence-corrected chi connectivity index (χ0v) is 23.9. The molecule has 2 unspecified atom stereocenters. The maximum atomic E-state index is 14.0. The van der Waals surface area contributed by atoms with E-state index >= 15 is 0 Å². The van der Waals surface area contributed by atoms with Crippen molar-refractivity contribution in [3.05, 3.63) is 28.7 Å². The number of ether oxygens (including phenoxy) is 1. The molecule has 5 atom stereocenters. The quantitative estimate of drug-likeness (QED) is 0.350. The highest BCUT2D eigenvalue weighted by molar-refractivity contribution is 6.30. The first-order chi connectivity index (χ1) is 19.1. The normalized spacial score (nSPS) is 28.0. The van der Waals surface area contributed by atoms with Gasteiger partial charge in [-0.15, -0.1) is 0 Å². The van der Waals surface area contributed by atoms with Crippen LogP contribution in [0.4, 0.5) is 22.4 Å². The molecule has 0 bridgehead atoms. The number of imidazole rings is 1. The van der Waals surface area contributed by atoms with Crippen LogP contribution in [0.2, 0.25) is 5.15 Å². The topological polar surface area (TPSA) is 97.6 Å². The second-order valence-corrected chi connectivity index (χ2v) is 13.7. The molecule has 2 aromatic heterocycles. The van der Waals surface area contributed by atoms with Crippen molar-refractivity contribution in [2.24, 2.45) is 29.6 Å². The zero-order valence-electron chi connectivity index (χ0n) is 23.1. The van der Waals surface area contributed by atoms with Gasteiger partial charge >= 0.3 is 6.09 Å². The summed E-state index contributed by atoms with van der Waals surface area (Å²) in [5.41, 5.74) is 0.695. The molecule has 4 aliphatic carbocycles. The van der Waals surface area contributed by atoms with Crippen molar-refractivity contribution >= 4 is 29.2 Å². The Morgan fingerprint density at radius 1 is 1.10 bits per heavy atom. The van der Waals surface area contributed by atoms with E-state index in [1.165, 1.54) is 4.52 Å². The lowest BCUT2D eigenvalue weighted by Crippen LogP contribution is -2.39. The van der Waals surface area contributed by atoms with E-state index in [0.29, 0.717) is 16.9 Å². The van der Waals surface area contributed by atoms with E-state index < -0.39 is 47.5 Å². The van der Waals surface area contributed by atoms with Crippen molar-refractivity contribution in [1.29, 1.82) is 0 Å². The van der Waals surface area contributed by atoms with E-state index in [-0.39, 0.29) is 60.9 Å². The number of hydrogen-bond acceptors (Lipinski definition) is 5. The van der Waals surface area contributed by atoms with Crippen LogP contribution in [0.25, 0.3) is 5.65 Å². The lowest BCUT2D eigenvalue weighted by molar-refractivity contribution is -0.134. The summed E-state index contributed by atoms with van der Waals surface area (Å²) < 4.78 is 61.3. The van der Waals surface area contributed by atoms with Crippen LogP contribution in [-0.2, 0) is 9.53 Å². The number of nitrogens with zero attached hydrogens (tertiary/aromatic N) is 3. The van der Waals surface area contributed by atoms with Crippen LogP contribution >= 0.6 is 11.6 Å². The third kappa shape index (κ3) is 5.85. The Morgan fingerprint density at radius 3 is 2.34 bits per heavy atom. The highest BCUT2D eigenvalue weighted by Crippen LogP contribution is 2.67. The molecule has 0 radical (unpaired) electrons. The summed E-state index contributed by atoms with van der Waals surface area (Å²) >= 11 is 6.58. The molecule has 224 valence electrons. The second kappa shape index (κ2) is 9.70. The summed E-state index contributed by atoms with van der Waals surface area (Å²) in [5, 5.41) is 10.4. The first-order valence-electron chi connectivity index (χ1n) is 14.2. The van der Waals surface area contributed by atoms with Gasteiger partial charge in [0.25, 0.3) is 5.92 Å². The summed E-state index contributed by atoms with van der Waals surface area (Å²) in [6.07, 6.45) is 2.70. The van der Waals surface area contributed by atoms with Gasteiger partial charge in [0.1, 0.15) is 5.60 Å². The highest BCUT2D eigenvalue weighted by Gasteiger charge is 2.72. The van der Waals surface area contributed by atoms with Crippen molar-refractivity contribution in [2.45, 2.75) is 95.2 Å². The Hall–Kier alpha value is -2.63. The Labute approximate surface area is 239 Å². The maximum Gasteiger partial charge on any atom is 0.408 e. The van der Waals surface area contributed by atoms with E-state index in [1.807, 2.05) is 0 Å². The van der Waals surface area contributed by atoms with E-state index in [1.54, 1.807) is 33.0 Å². The zero-order chi connectivity index (χ0) is 29.5. The molecule has 0 spiro atoms. The van der Waals surface area contributed by atoms with E-state index in [0.717, 1.165) is 12.8 Å². The predicted octanol–water partition coefficient (Wildman–Crippen LogP) is 6.24. The van der Waals surface area contributed by atoms with E-state index in [2.05, 4.69) is 15.7 Å². The number of nitrogens with one attached hydrogen (secondary N) is 2. The molecule has 13 heteroatoms. The molecule has 2 N–H and O–H groups in total. The van der Waals surface area contributed by atoms with Crippen LogP contribution < -0.4 is 10.6 Å². The third-order valence-electron chi connectivity index (χ3n) is 8.79. The Kier molecular flexibility index (Phi) is 6.74. The Balaban J connectivity index is 1.23. The van der Waals surface area contributed by atoms with Gasteiger partial charge in [0.15, 0.2) is 10.8 Å². The third-order valence-corrected chi connectivity index (χ3v) is 9.08. The number of halogens is 5. The number of hydrogen-bond donors (Lipinski definition) is 2. The Bertz CT molecular complexity index is 1350. The molecule has 0 aromatic carbocycles. The van der Waals surface area contributed by atoms with Gasteiger partial charge in [0.05, 0.1) is 24.0 Å².